The maximum atomic E-state index is 12.5. The van der Waals surface area contributed by atoms with Crippen molar-refractivity contribution < 1.29 is 21.9 Å². The van der Waals surface area contributed by atoms with E-state index in [2.05, 4.69) is 15.9 Å². The second-order valence-electron chi connectivity index (χ2n) is 2.77. The highest BCUT2D eigenvalue weighted by atomic mass is 79.9. The molecule has 0 fully saturated rings. The number of hydrogen-bond donors (Lipinski definition) is 1. The van der Waals surface area contributed by atoms with Crippen molar-refractivity contribution in [2.24, 2.45) is 0 Å². The zero-order valence-corrected chi connectivity index (χ0v) is 9.62. The van der Waals surface area contributed by atoms with E-state index in [0.29, 0.717) is 0 Å². The highest BCUT2D eigenvalue weighted by Crippen LogP contribution is 2.34. The van der Waals surface area contributed by atoms with Crippen LogP contribution in [0.15, 0.2) is 22.7 Å². The lowest BCUT2D eigenvalue weighted by Crippen LogP contribution is -2.10. The number of halogens is 4. The molecule has 1 rings (SSSR count). The predicted octanol–water partition coefficient (Wildman–Crippen LogP) is 3.19. The molecule has 0 aliphatic heterocycles. The molecule has 0 aromatic heterocycles. The van der Waals surface area contributed by atoms with Crippen LogP contribution in [-0.2, 0) is 23.0 Å². The van der Waals surface area contributed by atoms with Crippen LogP contribution in [0, 0.1) is 0 Å². The molecule has 1 unspecified atom stereocenters. The summed E-state index contributed by atoms with van der Waals surface area (Å²) in [6.07, 6.45) is -4.52. The van der Waals surface area contributed by atoms with E-state index in [1.807, 2.05) is 0 Å². The first-order valence-electron chi connectivity index (χ1n) is 3.74. The van der Waals surface area contributed by atoms with Gasteiger partial charge in [-0.05, 0) is 17.7 Å². The molecule has 0 amide bonds. The summed E-state index contributed by atoms with van der Waals surface area (Å²) in [5.74, 6) is -0.526. The van der Waals surface area contributed by atoms with Crippen LogP contribution in [0.1, 0.15) is 11.1 Å². The monoisotopic (exact) mass is 302 g/mol. The van der Waals surface area contributed by atoms with Crippen molar-refractivity contribution >= 4 is 27.0 Å². The molecule has 0 saturated carbocycles. The molecule has 1 aromatic rings. The second-order valence-corrected chi connectivity index (χ2v) is 4.61. The standard InChI is InChI=1S/C8H6BrF3O2S/c9-6-2-1-5(4-15(13)14)7(3-6)8(10,11)12/h1-3H,4H2,(H,13,14). The fourth-order valence-electron chi connectivity index (χ4n) is 1.07. The van der Waals surface area contributed by atoms with Crippen LogP contribution in [0.2, 0.25) is 0 Å². The van der Waals surface area contributed by atoms with Crippen LogP contribution in [0.5, 0.6) is 0 Å². The van der Waals surface area contributed by atoms with Gasteiger partial charge in [0.1, 0.15) is 0 Å². The molecule has 2 nitrogen and oxygen atoms in total. The topological polar surface area (TPSA) is 37.3 Å². The summed E-state index contributed by atoms with van der Waals surface area (Å²) < 4.78 is 56.7. The number of alkyl halides is 3. The Labute approximate surface area is 94.9 Å². The molecule has 0 bridgehead atoms. The minimum atomic E-state index is -4.52. The zero-order chi connectivity index (χ0) is 11.6. The van der Waals surface area contributed by atoms with Gasteiger partial charge in [-0.1, -0.05) is 22.0 Å². The molecule has 1 N–H and O–H groups in total. The Kier molecular flexibility index (Phi) is 3.91. The fraction of sp³-hybridized carbons (Fsp3) is 0.250. The highest BCUT2D eigenvalue weighted by Gasteiger charge is 2.33. The van der Waals surface area contributed by atoms with Gasteiger partial charge in [0.2, 0.25) is 0 Å². The summed E-state index contributed by atoms with van der Waals surface area (Å²) in [6, 6.07) is 3.47. The Morgan fingerprint density at radius 3 is 2.47 bits per heavy atom. The molecular formula is C8H6BrF3O2S. The Bertz CT molecular complexity index is 392. The summed E-state index contributed by atoms with van der Waals surface area (Å²) in [6.45, 7) is 0. The molecule has 1 atom stereocenters. The molecule has 15 heavy (non-hydrogen) atoms. The lowest BCUT2D eigenvalue weighted by molar-refractivity contribution is -0.138. The van der Waals surface area contributed by atoms with E-state index in [1.165, 1.54) is 12.1 Å². The molecule has 0 saturated heterocycles. The molecule has 0 heterocycles. The zero-order valence-electron chi connectivity index (χ0n) is 7.21. The van der Waals surface area contributed by atoms with Gasteiger partial charge in [0.15, 0.2) is 11.1 Å². The Hall–Kier alpha value is -0.400. The van der Waals surface area contributed by atoms with Crippen LogP contribution in [0.4, 0.5) is 13.2 Å². The lowest BCUT2D eigenvalue weighted by atomic mass is 10.1. The van der Waals surface area contributed by atoms with Crippen molar-refractivity contribution in [2.45, 2.75) is 11.9 Å². The van der Waals surface area contributed by atoms with Gasteiger partial charge in [0.05, 0.1) is 11.3 Å². The first-order valence-corrected chi connectivity index (χ1v) is 5.80. The SMILES string of the molecule is O=S(O)Cc1ccc(Br)cc1C(F)(F)F. The third kappa shape index (κ3) is 3.58. The Morgan fingerprint density at radius 1 is 1.40 bits per heavy atom. The summed E-state index contributed by atoms with van der Waals surface area (Å²) in [5.41, 5.74) is -1.08. The van der Waals surface area contributed by atoms with E-state index in [4.69, 9.17) is 4.55 Å². The Balaban J connectivity index is 3.20. The van der Waals surface area contributed by atoms with Crippen molar-refractivity contribution in [1.29, 1.82) is 0 Å². The maximum absolute atomic E-state index is 12.5. The van der Waals surface area contributed by atoms with E-state index < -0.39 is 28.6 Å². The van der Waals surface area contributed by atoms with E-state index in [0.717, 1.165) is 6.07 Å². The number of hydrogen-bond acceptors (Lipinski definition) is 1. The van der Waals surface area contributed by atoms with Crippen LogP contribution < -0.4 is 0 Å². The first-order chi connectivity index (χ1) is 6.80. The summed E-state index contributed by atoms with van der Waals surface area (Å²) >= 11 is 0.633. The fourth-order valence-corrected chi connectivity index (χ4v) is 1.95. The minimum Gasteiger partial charge on any atom is -0.306 e. The maximum Gasteiger partial charge on any atom is 0.416 e. The molecule has 1 aromatic carbocycles. The van der Waals surface area contributed by atoms with Crippen LogP contribution >= 0.6 is 15.9 Å². The highest BCUT2D eigenvalue weighted by molar-refractivity contribution is 9.10. The average molecular weight is 303 g/mol. The molecule has 0 aliphatic carbocycles. The summed E-state index contributed by atoms with van der Waals surface area (Å²) in [4.78, 5) is 0. The van der Waals surface area contributed by atoms with Gasteiger partial charge in [-0.2, -0.15) is 13.2 Å². The van der Waals surface area contributed by atoms with Gasteiger partial charge >= 0.3 is 6.18 Å². The third-order valence-corrected chi connectivity index (χ3v) is 2.71. The van der Waals surface area contributed by atoms with Crippen molar-refractivity contribution in [3.63, 3.8) is 0 Å². The molecular weight excluding hydrogens is 297 g/mol. The largest absolute Gasteiger partial charge is 0.416 e. The van der Waals surface area contributed by atoms with Crippen molar-refractivity contribution in [3.05, 3.63) is 33.8 Å². The summed E-state index contributed by atoms with van der Waals surface area (Å²) in [7, 11) is 0. The lowest BCUT2D eigenvalue weighted by Gasteiger charge is -2.11. The van der Waals surface area contributed by atoms with Crippen LogP contribution in [0.3, 0.4) is 0 Å². The normalized spacial score (nSPS) is 13.9. The molecule has 84 valence electrons. The first kappa shape index (κ1) is 12.7. The molecule has 0 aliphatic rings. The number of benzene rings is 1. The molecule has 7 heteroatoms. The minimum absolute atomic E-state index is 0.188. The van der Waals surface area contributed by atoms with E-state index in [-0.39, 0.29) is 10.0 Å². The predicted molar refractivity (Wildman–Crippen MR) is 53.6 cm³/mol. The van der Waals surface area contributed by atoms with Gasteiger partial charge < -0.3 is 4.55 Å². The van der Waals surface area contributed by atoms with E-state index >= 15 is 0 Å². The Morgan fingerprint density at radius 2 is 2.00 bits per heavy atom. The molecule has 0 radical (unpaired) electrons. The van der Waals surface area contributed by atoms with Gasteiger partial charge in [0, 0.05) is 4.47 Å². The van der Waals surface area contributed by atoms with E-state index in [9.17, 15) is 17.4 Å². The second kappa shape index (κ2) is 4.63. The van der Waals surface area contributed by atoms with E-state index in [1.54, 1.807) is 0 Å². The van der Waals surface area contributed by atoms with Gasteiger partial charge in [-0.25, -0.2) is 4.21 Å². The van der Waals surface area contributed by atoms with Crippen molar-refractivity contribution in [3.8, 4) is 0 Å². The average Bonchev–Trinajstić information content (AvgIpc) is 2.05. The summed E-state index contributed by atoms with van der Waals surface area (Å²) in [5, 5.41) is 0. The van der Waals surface area contributed by atoms with Crippen molar-refractivity contribution in [1.82, 2.24) is 0 Å². The quantitative estimate of drug-likeness (QED) is 0.852. The van der Waals surface area contributed by atoms with Crippen molar-refractivity contribution in [2.75, 3.05) is 0 Å². The number of rotatable bonds is 2. The van der Waals surface area contributed by atoms with Crippen LogP contribution in [-0.4, -0.2) is 8.76 Å². The van der Waals surface area contributed by atoms with Crippen LogP contribution in [0.25, 0.3) is 0 Å². The van der Waals surface area contributed by atoms with Gasteiger partial charge in [-0.3, -0.25) is 0 Å². The smallest absolute Gasteiger partial charge is 0.306 e. The van der Waals surface area contributed by atoms with Gasteiger partial charge in [-0.15, -0.1) is 0 Å². The van der Waals surface area contributed by atoms with Gasteiger partial charge in [0.25, 0.3) is 0 Å². The molecule has 0 spiro atoms. The third-order valence-electron chi connectivity index (χ3n) is 1.66.